The highest BCUT2D eigenvalue weighted by atomic mass is 32.1. The van der Waals surface area contributed by atoms with Crippen LogP contribution in [-0.4, -0.2) is 139 Å². The van der Waals surface area contributed by atoms with Gasteiger partial charge < -0.3 is 72.3 Å². The molecule has 6 aromatic carbocycles. The Kier molecular flexibility index (Phi) is 34.1. The summed E-state index contributed by atoms with van der Waals surface area (Å²) in [6.45, 7) is 23.9. The second-order valence-electron chi connectivity index (χ2n) is 29.4. The van der Waals surface area contributed by atoms with Crippen molar-refractivity contribution in [1.29, 1.82) is 0 Å². The molecule has 0 saturated heterocycles. The maximum Gasteiger partial charge on any atom is 0.311 e. The monoisotopic (exact) mass is 1700 g/mol. The third-order valence-corrected chi connectivity index (χ3v) is 21.5. The predicted molar refractivity (Wildman–Crippen MR) is 484 cm³/mol. The van der Waals surface area contributed by atoms with Crippen molar-refractivity contribution in [3.8, 4) is 27.8 Å². The third kappa shape index (κ3) is 26.7. The van der Waals surface area contributed by atoms with Crippen molar-refractivity contribution in [2.45, 2.75) is 84.5 Å². The van der Waals surface area contributed by atoms with Gasteiger partial charge in [-0.05, 0) is 214 Å². The van der Waals surface area contributed by atoms with E-state index in [1.807, 2.05) is 210 Å². The molecule has 4 amide bonds. The first kappa shape index (κ1) is 93.7. The average Bonchev–Trinajstić information content (AvgIpc) is 1.70. The van der Waals surface area contributed by atoms with Crippen LogP contribution in [0.15, 0.2) is 276 Å². The van der Waals surface area contributed by atoms with Crippen molar-refractivity contribution in [2.75, 3.05) is 28.4 Å². The number of esters is 4. The summed E-state index contributed by atoms with van der Waals surface area (Å²) in [6, 6.07) is 59.6. The fraction of sp³-hybridized carbons (Fsp3) is 0.219. The minimum atomic E-state index is -0.602. The van der Waals surface area contributed by atoms with Gasteiger partial charge in [0.15, 0.2) is 5.69 Å². The minimum absolute atomic E-state index is 0.200. The van der Waals surface area contributed by atoms with Crippen LogP contribution >= 0.6 is 11.3 Å². The lowest BCUT2D eigenvalue weighted by atomic mass is 9.92. The lowest BCUT2D eigenvalue weighted by molar-refractivity contribution is -0.147. The van der Waals surface area contributed by atoms with E-state index in [0.717, 1.165) is 61.4 Å². The summed E-state index contributed by atoms with van der Waals surface area (Å²) in [5.41, 5.74) is 35.9. The molecule has 6 heterocycles. The molecule has 6 aromatic heterocycles. The number of ether oxygens (including phenoxy) is 4. The van der Waals surface area contributed by atoms with Gasteiger partial charge in [-0.2, -0.15) is 9.90 Å². The molecule has 125 heavy (non-hydrogen) atoms. The number of nitrogens with two attached hydrogens (primary N) is 4. The summed E-state index contributed by atoms with van der Waals surface area (Å²) in [4.78, 5) is 116. The van der Waals surface area contributed by atoms with Crippen LogP contribution in [0.5, 0.6) is 0 Å². The molecule has 0 bridgehead atoms. The molecule has 0 aliphatic carbocycles. The maximum absolute atomic E-state index is 12.9. The first-order chi connectivity index (χ1) is 59.9. The van der Waals surface area contributed by atoms with Gasteiger partial charge in [0.1, 0.15) is 15.7 Å². The van der Waals surface area contributed by atoms with E-state index < -0.39 is 71.7 Å². The van der Waals surface area contributed by atoms with E-state index >= 15 is 0 Å². The second-order valence-corrected chi connectivity index (χ2v) is 30.5. The Hall–Kier alpha value is -15.1. The van der Waals surface area contributed by atoms with E-state index in [1.54, 1.807) is 71.3 Å². The van der Waals surface area contributed by atoms with Crippen LogP contribution in [0.4, 0.5) is 0 Å². The number of hydrogen-bond acceptors (Lipinski definition) is 22. The molecule has 0 radical (unpaired) electrons. The number of aryl methyl sites for hydroxylation is 1. The average molecular weight is 1710 g/mol. The number of aromatic nitrogens is 8. The second kappa shape index (κ2) is 45.5. The molecule has 28 nitrogen and oxygen atoms in total. The highest BCUT2D eigenvalue weighted by Gasteiger charge is 2.33. The fourth-order valence-electron chi connectivity index (χ4n) is 13.3. The van der Waals surface area contributed by atoms with Crippen LogP contribution in [0.25, 0.3) is 50.6 Å². The molecule has 12 rings (SSSR count). The Bertz CT molecular complexity index is 5550. The third-order valence-electron chi connectivity index (χ3n) is 20.4. The summed E-state index contributed by atoms with van der Waals surface area (Å²) >= 11 is 1.27. The Morgan fingerprint density at radius 1 is 0.392 bits per heavy atom. The van der Waals surface area contributed by atoms with Gasteiger partial charge in [-0.25, -0.2) is 9.97 Å². The highest BCUT2D eigenvalue weighted by molar-refractivity contribution is 7.16. The van der Waals surface area contributed by atoms with Gasteiger partial charge in [-0.15, -0.1) is 16.4 Å². The molecule has 0 aliphatic heterocycles. The van der Waals surface area contributed by atoms with E-state index in [9.17, 15) is 38.4 Å². The van der Waals surface area contributed by atoms with Crippen molar-refractivity contribution < 1.29 is 57.3 Å². The summed E-state index contributed by atoms with van der Waals surface area (Å²) in [7, 11) is 5.36. The van der Waals surface area contributed by atoms with Gasteiger partial charge in [0.2, 0.25) is 0 Å². The van der Waals surface area contributed by atoms with Gasteiger partial charge in [0.25, 0.3) is 23.6 Å². The number of para-hydroxylation sites is 1. The smallest absolute Gasteiger partial charge is 0.311 e. The number of pyridine rings is 2. The first-order valence-corrected chi connectivity index (χ1v) is 40.7. The number of carbonyl (C=O) groups is 8. The molecule has 0 aliphatic rings. The van der Waals surface area contributed by atoms with E-state index in [0.29, 0.717) is 81.0 Å². The van der Waals surface area contributed by atoms with Crippen molar-refractivity contribution in [1.82, 2.24) is 60.3 Å². The van der Waals surface area contributed by atoms with E-state index in [-0.39, 0.29) is 29.4 Å². The summed E-state index contributed by atoms with van der Waals surface area (Å²) in [6.07, 6.45) is 15.6. The lowest BCUT2D eigenvalue weighted by Crippen LogP contribution is -2.43. The van der Waals surface area contributed by atoms with Gasteiger partial charge in [-0.3, -0.25) is 43.3 Å². The quantitative estimate of drug-likeness (QED) is 0.0143. The molecule has 646 valence electrons. The summed E-state index contributed by atoms with van der Waals surface area (Å²) in [5, 5.41) is 21.0. The molecule has 8 unspecified atom stereocenters. The molecular weight excluding hydrogens is 1600 g/mol. The van der Waals surface area contributed by atoms with Crippen LogP contribution in [0.3, 0.4) is 0 Å². The molecule has 0 saturated carbocycles. The van der Waals surface area contributed by atoms with E-state index in [2.05, 4.69) is 72.7 Å². The number of methoxy groups -OCH3 is 4. The number of hydrogen-bond donors (Lipinski definition) is 8. The summed E-state index contributed by atoms with van der Waals surface area (Å²) < 4.78 is 23.8. The van der Waals surface area contributed by atoms with Gasteiger partial charge >= 0.3 is 23.9 Å². The topological polar surface area (TPSA) is 405 Å². The van der Waals surface area contributed by atoms with Gasteiger partial charge in [-0.1, -0.05) is 117 Å². The molecule has 12 N–H and O–H groups in total. The van der Waals surface area contributed by atoms with Gasteiger partial charge in [0.05, 0.1) is 75.3 Å². The lowest BCUT2D eigenvalue weighted by Gasteiger charge is -2.23. The molecule has 0 spiro atoms. The Labute approximate surface area is 730 Å². The van der Waals surface area contributed by atoms with Crippen molar-refractivity contribution in [2.24, 2.45) is 46.6 Å². The van der Waals surface area contributed by atoms with Gasteiger partial charge in [0, 0.05) is 107 Å². The zero-order valence-corrected chi connectivity index (χ0v) is 72.0. The van der Waals surface area contributed by atoms with Crippen LogP contribution in [-0.2, 0) is 63.8 Å². The standard InChI is InChI=1S/C25H27N3O3.C24H27N5O3.C24H26N4O3.C23H24N4O3S/c1-17(26)21-8-6-7-19(15-21)16-23(25(30)31-3)18(2)27-24(29)20-9-11-22(12-10-20)28-13-4-5-14-28;1-15(25)19-10-8-9-18(13-19)14-21(24(31)32-4)16(2)26-23(30)22-17(3)27-29(28-22)20-11-6-5-7-12-20;1-16(25)19-8-6-7-18(13-19)14-21(24(30)31-3)17(2)27-23(29)20-9-10-22(26-15-20)28-11-4-5-12-28;1-14(24)17-7-4-6-16(10-17)11-19(23(29)30-3)15(2)27-21(28)20-13-26-22(31-20)18-8-5-9-25-12-18/h4-15,18,23H,1,16,26H2,2-3H3,(H,27,29);5-13,16,21H,1,14,25H2,2-4H3,(H,26,30);4-13,15,17,21H,1,14,25H2,2-3H3,(H,27,29);4-10,12-13,15,19H,1,11,24H2,2-3H3,(H,27,28). The number of nitrogens with one attached hydrogen (secondary N) is 4. The van der Waals surface area contributed by atoms with Crippen molar-refractivity contribution in [3.63, 3.8) is 0 Å². The number of carbonyl (C=O) groups excluding carboxylic acids is 8. The Morgan fingerprint density at radius 3 is 1.17 bits per heavy atom. The van der Waals surface area contributed by atoms with Crippen molar-refractivity contribution in [3.05, 3.63) is 348 Å². The number of benzene rings is 6. The van der Waals surface area contributed by atoms with Crippen LogP contribution in [0.1, 0.15) is 119 Å². The molecule has 12 aromatic rings. The van der Waals surface area contributed by atoms with E-state index in [1.165, 1.54) is 57.0 Å². The van der Waals surface area contributed by atoms with E-state index in [4.69, 9.17) is 41.9 Å². The van der Waals surface area contributed by atoms with Crippen LogP contribution in [0, 0.1) is 30.6 Å². The molecule has 8 atom stereocenters. The highest BCUT2D eigenvalue weighted by Crippen LogP contribution is 2.28. The Morgan fingerprint density at radius 2 is 0.784 bits per heavy atom. The minimum Gasteiger partial charge on any atom is -0.469 e. The fourth-order valence-corrected chi connectivity index (χ4v) is 14.1. The number of nitrogens with zero attached hydrogens (tertiary/aromatic N) is 8. The Balaban J connectivity index is 0.000000189. The SMILES string of the molecule is C=C(N)c1cccc(CC(C(=O)OC)C(C)NC(=O)c2ccc(-n3cccc3)cc2)c1.C=C(N)c1cccc(CC(C(=O)OC)C(C)NC(=O)c2ccc(-n3cccc3)nc2)c1.C=C(N)c1cccc(CC(C(=O)OC)C(C)NC(=O)c2cnc(-c3cccnc3)s2)c1.C=C(N)c1cccc(CC(C(=O)OC)C(C)NC(=O)c2nn(-c3ccccc3)nc2C)c1. The van der Waals surface area contributed by atoms with Crippen LogP contribution in [0.2, 0.25) is 0 Å². The number of rotatable bonds is 32. The summed E-state index contributed by atoms with van der Waals surface area (Å²) in [5.74, 6) is -4.42. The first-order valence-electron chi connectivity index (χ1n) is 39.8. The molecular formula is C96H104N16O12S. The largest absolute Gasteiger partial charge is 0.469 e. The zero-order chi connectivity index (χ0) is 90.4. The van der Waals surface area contributed by atoms with Crippen LogP contribution < -0.4 is 44.2 Å². The molecule has 0 fully saturated rings. The normalized spacial score (nSPS) is 12.6. The molecule has 29 heteroatoms. The number of amides is 4. The maximum atomic E-state index is 12.9. The van der Waals surface area contributed by atoms with Crippen molar-refractivity contribution >= 4 is 81.6 Å². The zero-order valence-electron chi connectivity index (χ0n) is 71.1. The number of thiazole rings is 1. The predicted octanol–water partition coefficient (Wildman–Crippen LogP) is 12.4.